The van der Waals surface area contributed by atoms with Crippen LogP contribution in [0.2, 0.25) is 0 Å². The molecule has 16 heavy (non-hydrogen) atoms. The molecule has 0 fully saturated rings. The van der Waals surface area contributed by atoms with Crippen molar-refractivity contribution in [1.29, 1.82) is 0 Å². The second-order valence-corrected chi connectivity index (χ2v) is 4.95. The van der Waals surface area contributed by atoms with Gasteiger partial charge in [-0.25, -0.2) is 0 Å². The normalized spacial score (nSPS) is 11.0. The van der Waals surface area contributed by atoms with Crippen LogP contribution < -0.4 is 10.6 Å². The van der Waals surface area contributed by atoms with Crippen LogP contribution in [0.1, 0.15) is 46.5 Å². The number of hydrogen-bond donors (Lipinski definition) is 2. The van der Waals surface area contributed by atoms with Crippen molar-refractivity contribution in [3.8, 4) is 11.8 Å². The van der Waals surface area contributed by atoms with Crippen molar-refractivity contribution in [1.82, 2.24) is 10.6 Å². The summed E-state index contributed by atoms with van der Waals surface area (Å²) in [4.78, 5) is 0. The largest absolute Gasteiger partial charge is 0.320 e. The van der Waals surface area contributed by atoms with Gasteiger partial charge in [0, 0.05) is 12.0 Å². The van der Waals surface area contributed by atoms with E-state index in [0.717, 1.165) is 19.6 Å². The highest BCUT2D eigenvalue weighted by atomic mass is 14.9. The third-order valence-corrected chi connectivity index (χ3v) is 2.56. The standard InChI is InChI=1S/C14H28N2/c1-5-10-14(2,3)13-16-12-9-7-6-8-11-15-4/h15-16H,6-9,11-13H2,1-4H3. The molecule has 0 aliphatic carbocycles. The van der Waals surface area contributed by atoms with Gasteiger partial charge in [-0.05, 0) is 53.8 Å². The van der Waals surface area contributed by atoms with Crippen LogP contribution in [0.25, 0.3) is 0 Å². The van der Waals surface area contributed by atoms with Crippen molar-refractivity contribution >= 4 is 0 Å². The van der Waals surface area contributed by atoms with E-state index < -0.39 is 0 Å². The summed E-state index contributed by atoms with van der Waals surface area (Å²) >= 11 is 0. The van der Waals surface area contributed by atoms with E-state index in [2.05, 4.69) is 36.3 Å². The molecule has 0 rings (SSSR count). The summed E-state index contributed by atoms with van der Waals surface area (Å²) in [6.07, 6.45) is 5.23. The van der Waals surface area contributed by atoms with Crippen LogP contribution in [-0.4, -0.2) is 26.7 Å². The molecule has 2 N–H and O–H groups in total. The Bertz CT molecular complexity index is 211. The topological polar surface area (TPSA) is 24.1 Å². The molecule has 0 aliphatic heterocycles. The summed E-state index contributed by atoms with van der Waals surface area (Å²) in [6.45, 7) is 9.53. The first-order valence-corrected chi connectivity index (χ1v) is 6.41. The summed E-state index contributed by atoms with van der Waals surface area (Å²) in [5.74, 6) is 6.21. The molecule has 0 aromatic carbocycles. The van der Waals surface area contributed by atoms with Crippen molar-refractivity contribution in [3.05, 3.63) is 0 Å². The lowest BCUT2D eigenvalue weighted by Crippen LogP contribution is -2.28. The zero-order valence-corrected chi connectivity index (χ0v) is 11.4. The van der Waals surface area contributed by atoms with Gasteiger partial charge in [0.1, 0.15) is 0 Å². The van der Waals surface area contributed by atoms with Gasteiger partial charge in [0.2, 0.25) is 0 Å². The second kappa shape index (κ2) is 9.69. The molecule has 0 saturated heterocycles. The summed E-state index contributed by atoms with van der Waals surface area (Å²) in [5, 5.41) is 6.66. The molecule has 2 nitrogen and oxygen atoms in total. The van der Waals surface area contributed by atoms with E-state index in [-0.39, 0.29) is 5.41 Å². The molecule has 2 heteroatoms. The molecule has 0 bridgehead atoms. The highest BCUT2D eigenvalue weighted by Crippen LogP contribution is 2.11. The molecule has 0 radical (unpaired) electrons. The van der Waals surface area contributed by atoms with Crippen molar-refractivity contribution < 1.29 is 0 Å². The maximum Gasteiger partial charge on any atom is 0.0382 e. The molecule has 0 spiro atoms. The molecule has 94 valence electrons. The van der Waals surface area contributed by atoms with Gasteiger partial charge < -0.3 is 10.6 Å². The molecule has 0 amide bonds. The lowest BCUT2D eigenvalue weighted by Gasteiger charge is -2.18. The number of unbranched alkanes of at least 4 members (excludes halogenated alkanes) is 3. The summed E-state index contributed by atoms with van der Waals surface area (Å²) in [6, 6.07) is 0. The molecule has 0 aliphatic rings. The Hall–Kier alpha value is -0.520. The Morgan fingerprint density at radius 1 is 1.00 bits per heavy atom. The van der Waals surface area contributed by atoms with Crippen LogP contribution in [0.3, 0.4) is 0 Å². The minimum atomic E-state index is 0.112. The van der Waals surface area contributed by atoms with Gasteiger partial charge in [-0.2, -0.15) is 0 Å². The van der Waals surface area contributed by atoms with E-state index in [0.29, 0.717) is 0 Å². The fraction of sp³-hybridized carbons (Fsp3) is 0.857. The Balaban J connectivity index is 3.29. The van der Waals surface area contributed by atoms with E-state index >= 15 is 0 Å². The van der Waals surface area contributed by atoms with Gasteiger partial charge in [0.05, 0.1) is 0 Å². The Morgan fingerprint density at radius 3 is 2.19 bits per heavy atom. The first kappa shape index (κ1) is 15.5. The smallest absolute Gasteiger partial charge is 0.0382 e. The van der Waals surface area contributed by atoms with E-state index in [1.54, 1.807) is 0 Å². The highest BCUT2D eigenvalue weighted by molar-refractivity contribution is 5.07. The molecule has 0 saturated carbocycles. The SMILES string of the molecule is CC#CC(C)(C)CNCCCCCCNC. The lowest BCUT2D eigenvalue weighted by molar-refractivity contribution is 0.443. The van der Waals surface area contributed by atoms with Crippen molar-refractivity contribution in [2.45, 2.75) is 46.5 Å². The summed E-state index contributed by atoms with van der Waals surface area (Å²) in [5.41, 5.74) is 0.112. The van der Waals surface area contributed by atoms with E-state index in [4.69, 9.17) is 0 Å². The zero-order valence-electron chi connectivity index (χ0n) is 11.4. The van der Waals surface area contributed by atoms with Gasteiger partial charge >= 0.3 is 0 Å². The molecular formula is C14H28N2. The van der Waals surface area contributed by atoms with Crippen LogP contribution in [0.5, 0.6) is 0 Å². The molecular weight excluding hydrogens is 196 g/mol. The van der Waals surface area contributed by atoms with Crippen LogP contribution in [0, 0.1) is 17.3 Å². The van der Waals surface area contributed by atoms with Crippen LogP contribution >= 0.6 is 0 Å². The van der Waals surface area contributed by atoms with Gasteiger partial charge in [-0.3, -0.25) is 0 Å². The van der Waals surface area contributed by atoms with Crippen molar-refractivity contribution in [2.24, 2.45) is 5.41 Å². The minimum Gasteiger partial charge on any atom is -0.320 e. The average Bonchev–Trinajstić information content (AvgIpc) is 2.22. The molecule has 0 atom stereocenters. The summed E-state index contributed by atoms with van der Waals surface area (Å²) in [7, 11) is 2.01. The van der Waals surface area contributed by atoms with Gasteiger partial charge in [0.25, 0.3) is 0 Å². The van der Waals surface area contributed by atoms with Crippen LogP contribution in [-0.2, 0) is 0 Å². The molecule has 0 aromatic heterocycles. The fourth-order valence-electron chi connectivity index (χ4n) is 1.69. The second-order valence-electron chi connectivity index (χ2n) is 4.95. The molecule has 0 unspecified atom stereocenters. The predicted molar refractivity (Wildman–Crippen MR) is 72.5 cm³/mol. The quantitative estimate of drug-likeness (QED) is 0.464. The monoisotopic (exact) mass is 224 g/mol. The first-order valence-electron chi connectivity index (χ1n) is 6.41. The van der Waals surface area contributed by atoms with Crippen molar-refractivity contribution in [3.63, 3.8) is 0 Å². The average molecular weight is 224 g/mol. The van der Waals surface area contributed by atoms with E-state index in [1.165, 1.54) is 25.7 Å². The number of rotatable bonds is 9. The third-order valence-electron chi connectivity index (χ3n) is 2.56. The zero-order chi connectivity index (χ0) is 12.3. The van der Waals surface area contributed by atoms with E-state index in [1.807, 2.05) is 14.0 Å². The highest BCUT2D eigenvalue weighted by Gasteiger charge is 2.12. The Kier molecular flexibility index (Phi) is 9.37. The van der Waals surface area contributed by atoms with Gasteiger partial charge in [0.15, 0.2) is 0 Å². The van der Waals surface area contributed by atoms with E-state index in [9.17, 15) is 0 Å². The molecule has 0 heterocycles. The maximum absolute atomic E-state index is 3.48. The third kappa shape index (κ3) is 10.0. The van der Waals surface area contributed by atoms with Crippen molar-refractivity contribution in [2.75, 3.05) is 26.7 Å². The van der Waals surface area contributed by atoms with Gasteiger partial charge in [-0.15, -0.1) is 5.92 Å². The first-order chi connectivity index (χ1) is 7.62. The maximum atomic E-state index is 3.48. The fourth-order valence-corrected chi connectivity index (χ4v) is 1.69. The minimum absolute atomic E-state index is 0.112. The Labute approximate surface area is 102 Å². The number of hydrogen-bond acceptors (Lipinski definition) is 2. The predicted octanol–water partition coefficient (Wildman–Crippen LogP) is 2.41. The lowest BCUT2D eigenvalue weighted by atomic mass is 9.94. The number of nitrogens with one attached hydrogen (secondary N) is 2. The Morgan fingerprint density at radius 2 is 1.62 bits per heavy atom. The van der Waals surface area contributed by atoms with Crippen LogP contribution in [0.15, 0.2) is 0 Å². The van der Waals surface area contributed by atoms with Gasteiger partial charge in [-0.1, -0.05) is 18.8 Å². The van der Waals surface area contributed by atoms with Crippen LogP contribution in [0.4, 0.5) is 0 Å². The molecule has 0 aromatic rings. The summed E-state index contributed by atoms with van der Waals surface area (Å²) < 4.78 is 0.